The summed E-state index contributed by atoms with van der Waals surface area (Å²) in [7, 11) is -4.20. The first kappa shape index (κ1) is 26.3. The molecule has 0 spiro atoms. The Balaban J connectivity index is 1.89. The third kappa shape index (κ3) is 6.64. The van der Waals surface area contributed by atoms with Gasteiger partial charge in [0.15, 0.2) is 0 Å². The van der Waals surface area contributed by atoms with Crippen LogP contribution in [0.1, 0.15) is 11.1 Å². The maximum absolute atomic E-state index is 13.3. The number of benzene rings is 3. The molecular weight excluding hydrogens is 536 g/mol. The Bertz CT molecular complexity index is 1300. The van der Waals surface area contributed by atoms with Crippen LogP contribution >= 0.6 is 34.8 Å². The molecule has 0 aliphatic rings. The van der Waals surface area contributed by atoms with E-state index >= 15 is 0 Å². The number of hydrogen-bond donors (Lipinski definition) is 1. The van der Waals surface area contributed by atoms with Gasteiger partial charge in [0.1, 0.15) is 0 Å². The van der Waals surface area contributed by atoms with Gasteiger partial charge in [-0.25, -0.2) is 8.42 Å². The van der Waals surface area contributed by atoms with Crippen LogP contribution in [-0.2, 0) is 27.5 Å². The van der Waals surface area contributed by atoms with Gasteiger partial charge in [0.05, 0.1) is 27.0 Å². The van der Waals surface area contributed by atoms with Crippen molar-refractivity contribution in [3.05, 3.63) is 92.9 Å². The van der Waals surface area contributed by atoms with Crippen LogP contribution in [0.4, 0.5) is 18.9 Å². The van der Waals surface area contributed by atoms with Gasteiger partial charge in [-0.15, -0.1) is 0 Å². The molecule has 0 saturated heterocycles. The summed E-state index contributed by atoms with van der Waals surface area (Å²) in [6, 6.07) is 13.8. The Kier molecular flexibility index (Phi) is 8.15. The highest BCUT2D eigenvalue weighted by molar-refractivity contribution is 7.89. The van der Waals surface area contributed by atoms with Gasteiger partial charge in [-0.05, 0) is 60.2 Å². The van der Waals surface area contributed by atoms with Crippen molar-refractivity contribution >= 4 is 56.4 Å². The molecule has 1 N–H and O–H groups in total. The van der Waals surface area contributed by atoms with Crippen LogP contribution in [0.3, 0.4) is 0 Å². The summed E-state index contributed by atoms with van der Waals surface area (Å²) in [5, 5.41) is 3.08. The molecule has 3 aromatic carbocycles. The highest BCUT2D eigenvalue weighted by Gasteiger charge is 2.31. The molecule has 0 saturated carbocycles. The number of nitrogens with zero attached hydrogens (tertiary/aromatic N) is 1. The number of rotatable bonds is 7. The highest BCUT2D eigenvalue weighted by Crippen LogP contribution is 2.31. The molecule has 5 nitrogen and oxygen atoms in total. The zero-order valence-electron chi connectivity index (χ0n) is 17.1. The number of nitrogens with one attached hydrogen (secondary N) is 1. The zero-order valence-corrected chi connectivity index (χ0v) is 20.2. The molecule has 0 unspecified atom stereocenters. The summed E-state index contributed by atoms with van der Waals surface area (Å²) in [5.74, 6) is -0.836. The van der Waals surface area contributed by atoms with Gasteiger partial charge in [0.25, 0.3) is 0 Å². The van der Waals surface area contributed by atoms with E-state index in [1.165, 1.54) is 42.5 Å². The molecule has 0 atom stereocenters. The first-order valence-corrected chi connectivity index (χ1v) is 12.1. The standard InChI is InChI=1S/C22H16Cl3F3N2O3S/c23-16-5-7-18(8-6-16)34(32,33)30(12-14-4-9-19(24)20(25)10-14)13-21(31)29-17-3-1-2-15(11-17)22(26,27)28/h1-11H,12-13H2,(H,29,31). The fourth-order valence-electron chi connectivity index (χ4n) is 2.96. The van der Waals surface area contributed by atoms with E-state index in [-0.39, 0.29) is 27.2 Å². The molecule has 180 valence electrons. The quantitative estimate of drug-likeness (QED) is 0.365. The van der Waals surface area contributed by atoms with Gasteiger partial charge in [0, 0.05) is 17.3 Å². The highest BCUT2D eigenvalue weighted by atomic mass is 35.5. The molecule has 0 aromatic heterocycles. The predicted molar refractivity (Wildman–Crippen MR) is 126 cm³/mol. The molecule has 0 aliphatic carbocycles. The lowest BCUT2D eigenvalue weighted by Crippen LogP contribution is -2.37. The summed E-state index contributed by atoms with van der Waals surface area (Å²) in [6.45, 7) is -0.931. The van der Waals surface area contributed by atoms with Crippen LogP contribution in [-0.4, -0.2) is 25.2 Å². The number of carbonyl (C=O) groups is 1. The largest absolute Gasteiger partial charge is 0.416 e. The second-order valence-electron chi connectivity index (χ2n) is 7.10. The van der Waals surface area contributed by atoms with Crippen LogP contribution in [0.25, 0.3) is 0 Å². The molecule has 0 bridgehead atoms. The molecule has 0 heterocycles. The Morgan fingerprint density at radius 3 is 2.21 bits per heavy atom. The van der Waals surface area contributed by atoms with Crippen molar-refractivity contribution in [2.45, 2.75) is 17.6 Å². The van der Waals surface area contributed by atoms with E-state index in [0.29, 0.717) is 10.6 Å². The number of hydrogen-bond acceptors (Lipinski definition) is 3. The number of halogens is 6. The minimum atomic E-state index is -4.60. The van der Waals surface area contributed by atoms with Crippen LogP contribution < -0.4 is 5.32 Å². The van der Waals surface area contributed by atoms with Gasteiger partial charge in [0.2, 0.25) is 15.9 Å². The second-order valence-corrected chi connectivity index (χ2v) is 10.3. The zero-order chi connectivity index (χ0) is 25.1. The van der Waals surface area contributed by atoms with Gasteiger partial charge >= 0.3 is 6.18 Å². The summed E-state index contributed by atoms with van der Waals surface area (Å²) in [6.07, 6.45) is -4.60. The van der Waals surface area contributed by atoms with E-state index in [1.54, 1.807) is 6.07 Å². The van der Waals surface area contributed by atoms with Crippen molar-refractivity contribution in [3.8, 4) is 0 Å². The minimum Gasteiger partial charge on any atom is -0.325 e. The van der Waals surface area contributed by atoms with E-state index < -0.39 is 34.2 Å². The van der Waals surface area contributed by atoms with Crippen molar-refractivity contribution in [2.75, 3.05) is 11.9 Å². The van der Waals surface area contributed by atoms with E-state index in [2.05, 4.69) is 5.32 Å². The van der Waals surface area contributed by atoms with E-state index in [0.717, 1.165) is 22.5 Å². The van der Waals surface area contributed by atoms with E-state index in [9.17, 15) is 26.4 Å². The number of anilines is 1. The number of alkyl halides is 3. The Morgan fingerprint density at radius 1 is 0.912 bits per heavy atom. The molecule has 34 heavy (non-hydrogen) atoms. The van der Waals surface area contributed by atoms with E-state index in [1.807, 2.05) is 0 Å². The van der Waals surface area contributed by atoms with Crippen LogP contribution in [0.5, 0.6) is 0 Å². The van der Waals surface area contributed by atoms with Crippen molar-refractivity contribution < 1.29 is 26.4 Å². The average molecular weight is 552 g/mol. The first-order valence-electron chi connectivity index (χ1n) is 9.53. The fraction of sp³-hybridized carbons (Fsp3) is 0.136. The lowest BCUT2D eigenvalue weighted by atomic mass is 10.2. The average Bonchev–Trinajstić information content (AvgIpc) is 2.75. The molecule has 3 rings (SSSR count). The Hall–Kier alpha value is -2.30. The molecular formula is C22H16Cl3F3N2O3S. The fourth-order valence-corrected chi connectivity index (χ4v) is 4.79. The molecule has 1 amide bonds. The Labute approximate surface area is 209 Å². The van der Waals surface area contributed by atoms with Gasteiger partial charge in [-0.2, -0.15) is 17.5 Å². The van der Waals surface area contributed by atoms with Gasteiger partial charge in [-0.3, -0.25) is 4.79 Å². The summed E-state index contributed by atoms with van der Waals surface area (Å²) >= 11 is 17.8. The Morgan fingerprint density at radius 2 is 1.59 bits per heavy atom. The number of sulfonamides is 1. The maximum Gasteiger partial charge on any atom is 0.416 e. The second kappa shape index (κ2) is 10.5. The van der Waals surface area contributed by atoms with Gasteiger partial charge in [-0.1, -0.05) is 46.9 Å². The smallest absolute Gasteiger partial charge is 0.325 e. The van der Waals surface area contributed by atoms with Crippen LogP contribution in [0.2, 0.25) is 15.1 Å². The summed E-state index contributed by atoms with van der Waals surface area (Å²) < 4.78 is 66.3. The third-order valence-electron chi connectivity index (χ3n) is 4.59. The summed E-state index contributed by atoms with van der Waals surface area (Å²) in [5.41, 5.74) is -0.635. The third-order valence-corrected chi connectivity index (χ3v) is 7.38. The minimum absolute atomic E-state index is 0.121. The van der Waals surface area contributed by atoms with Gasteiger partial charge < -0.3 is 5.32 Å². The normalized spacial score (nSPS) is 12.1. The molecule has 0 fully saturated rings. The van der Waals surface area contributed by atoms with Crippen molar-refractivity contribution in [1.29, 1.82) is 0 Å². The molecule has 12 heteroatoms. The molecule has 0 aliphatic heterocycles. The van der Waals surface area contributed by atoms with Crippen LogP contribution in [0, 0.1) is 0 Å². The van der Waals surface area contributed by atoms with E-state index in [4.69, 9.17) is 34.8 Å². The van der Waals surface area contributed by atoms with Crippen molar-refractivity contribution in [2.24, 2.45) is 0 Å². The van der Waals surface area contributed by atoms with Crippen LogP contribution in [0.15, 0.2) is 71.6 Å². The maximum atomic E-state index is 13.3. The van der Waals surface area contributed by atoms with Crippen molar-refractivity contribution in [3.63, 3.8) is 0 Å². The SMILES string of the molecule is O=C(CN(Cc1ccc(Cl)c(Cl)c1)S(=O)(=O)c1ccc(Cl)cc1)Nc1cccc(C(F)(F)F)c1. The lowest BCUT2D eigenvalue weighted by molar-refractivity contribution is -0.137. The monoisotopic (exact) mass is 550 g/mol. The lowest BCUT2D eigenvalue weighted by Gasteiger charge is -2.22. The topological polar surface area (TPSA) is 66.5 Å². The number of carbonyl (C=O) groups excluding carboxylic acids is 1. The number of amides is 1. The first-order chi connectivity index (χ1) is 15.9. The predicted octanol–water partition coefficient (Wildman–Crippen LogP) is 6.50. The van der Waals surface area contributed by atoms with Crippen molar-refractivity contribution in [1.82, 2.24) is 4.31 Å². The molecule has 3 aromatic rings. The molecule has 0 radical (unpaired) electrons. The summed E-state index contributed by atoms with van der Waals surface area (Å²) in [4.78, 5) is 12.5.